The van der Waals surface area contributed by atoms with Crippen LogP contribution >= 0.6 is 0 Å². The smallest absolute Gasteiger partial charge is 0.126 e. The lowest BCUT2D eigenvalue weighted by Gasteiger charge is -2.39. The van der Waals surface area contributed by atoms with Gasteiger partial charge in [-0.2, -0.15) is 0 Å². The quantitative estimate of drug-likeness (QED) is 0.900. The van der Waals surface area contributed by atoms with E-state index in [1.807, 2.05) is 13.0 Å². The van der Waals surface area contributed by atoms with E-state index < -0.39 is 0 Å². The van der Waals surface area contributed by atoms with Crippen molar-refractivity contribution in [2.75, 3.05) is 31.2 Å². The van der Waals surface area contributed by atoms with Crippen molar-refractivity contribution in [3.05, 3.63) is 29.1 Å². The zero-order chi connectivity index (χ0) is 15.4. The first kappa shape index (κ1) is 16.2. The summed E-state index contributed by atoms with van der Waals surface area (Å²) >= 11 is 0. The summed E-state index contributed by atoms with van der Waals surface area (Å²) in [6, 6.07) is 4.20. The first-order valence-electron chi connectivity index (χ1n) is 7.96. The third-order valence-electron chi connectivity index (χ3n) is 4.29. The standard InChI is InChI=1S/C17H27FN2O/c1-5-14-11-21-8-7-20(14)17-9-12(3)16(18)10-15(17)13(4)19-6-2/h9-10,13-14,19H,5-8,11H2,1-4H3. The summed E-state index contributed by atoms with van der Waals surface area (Å²) in [6.07, 6.45) is 1.03. The van der Waals surface area contributed by atoms with Gasteiger partial charge in [-0.05, 0) is 50.1 Å². The molecule has 0 amide bonds. The number of hydrogen-bond donors (Lipinski definition) is 1. The maximum absolute atomic E-state index is 14.0. The van der Waals surface area contributed by atoms with E-state index >= 15 is 0 Å². The van der Waals surface area contributed by atoms with Crippen molar-refractivity contribution >= 4 is 5.69 Å². The minimum absolute atomic E-state index is 0.125. The van der Waals surface area contributed by atoms with Gasteiger partial charge in [0.1, 0.15) is 5.82 Å². The van der Waals surface area contributed by atoms with E-state index in [-0.39, 0.29) is 11.9 Å². The van der Waals surface area contributed by atoms with Crippen LogP contribution in [-0.4, -0.2) is 32.3 Å². The molecular formula is C17H27FN2O. The highest BCUT2D eigenvalue weighted by Gasteiger charge is 2.25. The lowest BCUT2D eigenvalue weighted by atomic mass is 10.00. The van der Waals surface area contributed by atoms with Crippen LogP contribution in [-0.2, 0) is 4.74 Å². The molecule has 2 rings (SSSR count). The van der Waals surface area contributed by atoms with Gasteiger partial charge in [0.2, 0.25) is 0 Å². The Kier molecular flexibility index (Phi) is 5.59. The Labute approximate surface area is 127 Å². The number of nitrogens with zero attached hydrogens (tertiary/aromatic N) is 1. The minimum Gasteiger partial charge on any atom is -0.377 e. The Hall–Kier alpha value is -1.13. The average Bonchev–Trinajstić information content (AvgIpc) is 2.49. The average molecular weight is 294 g/mol. The van der Waals surface area contributed by atoms with E-state index in [1.54, 1.807) is 6.07 Å². The Morgan fingerprint density at radius 1 is 1.43 bits per heavy atom. The van der Waals surface area contributed by atoms with Crippen LogP contribution in [0.5, 0.6) is 0 Å². The van der Waals surface area contributed by atoms with Crippen molar-refractivity contribution in [1.29, 1.82) is 0 Å². The predicted octanol–water partition coefficient (Wildman–Crippen LogP) is 3.42. The van der Waals surface area contributed by atoms with Gasteiger partial charge < -0.3 is 15.0 Å². The molecule has 2 atom stereocenters. The van der Waals surface area contributed by atoms with Crippen LogP contribution in [0.3, 0.4) is 0 Å². The summed E-state index contributed by atoms with van der Waals surface area (Å²) < 4.78 is 19.6. The highest BCUT2D eigenvalue weighted by atomic mass is 19.1. The summed E-state index contributed by atoms with van der Waals surface area (Å²) in [5, 5.41) is 3.40. The molecule has 0 bridgehead atoms. The van der Waals surface area contributed by atoms with Gasteiger partial charge >= 0.3 is 0 Å². The first-order chi connectivity index (χ1) is 10.1. The molecule has 1 heterocycles. The third kappa shape index (κ3) is 3.55. The second-order valence-corrected chi connectivity index (χ2v) is 5.77. The Morgan fingerprint density at radius 3 is 2.86 bits per heavy atom. The van der Waals surface area contributed by atoms with Gasteiger partial charge in [0.15, 0.2) is 0 Å². The topological polar surface area (TPSA) is 24.5 Å². The van der Waals surface area contributed by atoms with Crippen molar-refractivity contribution in [3.8, 4) is 0 Å². The number of rotatable bonds is 5. The van der Waals surface area contributed by atoms with Crippen LogP contribution < -0.4 is 10.2 Å². The second kappa shape index (κ2) is 7.23. The minimum atomic E-state index is -0.125. The Balaban J connectivity index is 2.42. The van der Waals surface area contributed by atoms with Crippen molar-refractivity contribution < 1.29 is 9.13 Å². The summed E-state index contributed by atoms with van der Waals surface area (Å²) in [5.74, 6) is -0.125. The Bertz CT molecular complexity index is 478. The number of halogens is 1. The van der Waals surface area contributed by atoms with Crippen LogP contribution in [0.25, 0.3) is 0 Å². The van der Waals surface area contributed by atoms with Gasteiger partial charge in [0.05, 0.1) is 19.3 Å². The third-order valence-corrected chi connectivity index (χ3v) is 4.29. The van der Waals surface area contributed by atoms with Gasteiger partial charge in [0.25, 0.3) is 0 Å². The highest BCUT2D eigenvalue weighted by molar-refractivity contribution is 5.58. The predicted molar refractivity (Wildman–Crippen MR) is 85.5 cm³/mol. The van der Waals surface area contributed by atoms with Crippen LogP contribution in [0.2, 0.25) is 0 Å². The van der Waals surface area contributed by atoms with E-state index in [4.69, 9.17) is 4.74 Å². The summed E-state index contributed by atoms with van der Waals surface area (Å²) in [5.41, 5.74) is 2.90. The molecule has 1 aliphatic rings. The molecule has 21 heavy (non-hydrogen) atoms. The molecule has 1 saturated heterocycles. The molecule has 1 aromatic carbocycles. The zero-order valence-corrected chi connectivity index (χ0v) is 13.6. The number of hydrogen-bond acceptors (Lipinski definition) is 3. The van der Waals surface area contributed by atoms with Gasteiger partial charge in [0, 0.05) is 18.3 Å². The Morgan fingerprint density at radius 2 is 2.19 bits per heavy atom. The van der Waals surface area contributed by atoms with E-state index in [1.165, 1.54) is 0 Å². The fourth-order valence-electron chi connectivity index (χ4n) is 3.00. The number of benzene rings is 1. The van der Waals surface area contributed by atoms with Crippen molar-refractivity contribution in [2.45, 2.75) is 46.2 Å². The van der Waals surface area contributed by atoms with Crippen molar-refractivity contribution in [2.24, 2.45) is 0 Å². The van der Waals surface area contributed by atoms with Gasteiger partial charge in [-0.1, -0.05) is 13.8 Å². The number of nitrogens with one attached hydrogen (secondary N) is 1. The van der Waals surface area contributed by atoms with E-state index in [9.17, 15) is 4.39 Å². The van der Waals surface area contributed by atoms with Crippen molar-refractivity contribution in [1.82, 2.24) is 5.32 Å². The second-order valence-electron chi connectivity index (χ2n) is 5.77. The SMILES string of the molecule is CCNC(C)c1cc(F)c(C)cc1N1CCOCC1CC. The molecule has 0 saturated carbocycles. The monoisotopic (exact) mass is 294 g/mol. The van der Waals surface area contributed by atoms with Crippen LogP contribution in [0.15, 0.2) is 12.1 Å². The van der Waals surface area contributed by atoms with Crippen LogP contribution in [0, 0.1) is 12.7 Å². The maximum Gasteiger partial charge on any atom is 0.126 e. The zero-order valence-electron chi connectivity index (χ0n) is 13.6. The molecule has 118 valence electrons. The lowest BCUT2D eigenvalue weighted by molar-refractivity contribution is 0.0928. The molecule has 0 spiro atoms. The summed E-state index contributed by atoms with van der Waals surface area (Å²) in [6.45, 7) is 11.4. The van der Waals surface area contributed by atoms with E-state index in [0.29, 0.717) is 11.6 Å². The number of anilines is 1. The highest BCUT2D eigenvalue weighted by Crippen LogP contribution is 2.32. The largest absolute Gasteiger partial charge is 0.377 e. The van der Waals surface area contributed by atoms with Crippen molar-refractivity contribution in [3.63, 3.8) is 0 Å². The van der Waals surface area contributed by atoms with E-state index in [0.717, 1.165) is 44.0 Å². The molecular weight excluding hydrogens is 267 g/mol. The number of aryl methyl sites for hydroxylation is 1. The molecule has 1 N–H and O–H groups in total. The number of ether oxygens (including phenoxy) is 1. The van der Waals surface area contributed by atoms with Gasteiger partial charge in [-0.3, -0.25) is 0 Å². The first-order valence-corrected chi connectivity index (χ1v) is 7.96. The molecule has 0 aromatic heterocycles. The normalized spacial score (nSPS) is 20.6. The molecule has 1 aliphatic heterocycles. The fourth-order valence-corrected chi connectivity index (χ4v) is 3.00. The van der Waals surface area contributed by atoms with Gasteiger partial charge in [-0.15, -0.1) is 0 Å². The molecule has 3 nitrogen and oxygen atoms in total. The van der Waals surface area contributed by atoms with Crippen LogP contribution in [0.4, 0.5) is 10.1 Å². The molecule has 1 aromatic rings. The van der Waals surface area contributed by atoms with Crippen LogP contribution in [0.1, 0.15) is 44.4 Å². The molecule has 0 radical (unpaired) electrons. The summed E-state index contributed by atoms with van der Waals surface area (Å²) in [7, 11) is 0. The van der Waals surface area contributed by atoms with Gasteiger partial charge in [-0.25, -0.2) is 4.39 Å². The molecule has 1 fully saturated rings. The lowest BCUT2D eigenvalue weighted by Crippen LogP contribution is -2.46. The number of morpholine rings is 1. The van der Waals surface area contributed by atoms with E-state index in [2.05, 4.69) is 31.0 Å². The molecule has 4 heteroatoms. The maximum atomic E-state index is 14.0. The molecule has 2 unspecified atom stereocenters. The molecule has 0 aliphatic carbocycles. The fraction of sp³-hybridized carbons (Fsp3) is 0.647. The summed E-state index contributed by atoms with van der Waals surface area (Å²) in [4.78, 5) is 2.39.